The Balaban J connectivity index is 1.41. The standard InChI is InChI=1S/C24H22Cl2N2O4S/c25-18-8-7-17(20(26)13-18)15-32-19-6-4-5-16(11-19)12-21-23(30)28(24(31)33-21)14-22(29)27-9-2-1-3-10-27/h4-8,11-13H,1-3,9-10,14-15H2/b21-12-. The zero-order valence-electron chi connectivity index (χ0n) is 17.8. The molecule has 2 aliphatic rings. The van der Waals surface area contributed by atoms with Crippen LogP contribution in [0.15, 0.2) is 47.4 Å². The summed E-state index contributed by atoms with van der Waals surface area (Å²) < 4.78 is 5.83. The molecular weight excluding hydrogens is 483 g/mol. The van der Waals surface area contributed by atoms with Gasteiger partial charge in [0.05, 0.1) is 4.91 Å². The summed E-state index contributed by atoms with van der Waals surface area (Å²) in [5, 5.41) is 0.644. The van der Waals surface area contributed by atoms with Gasteiger partial charge in [0, 0.05) is 28.7 Å². The number of nitrogens with zero attached hydrogens (tertiary/aromatic N) is 2. The van der Waals surface area contributed by atoms with Crippen LogP contribution in [0, 0.1) is 0 Å². The average molecular weight is 505 g/mol. The third-order valence-electron chi connectivity index (χ3n) is 5.44. The van der Waals surface area contributed by atoms with Crippen molar-refractivity contribution in [2.45, 2.75) is 25.9 Å². The fraction of sp³-hybridized carbons (Fsp3) is 0.292. The topological polar surface area (TPSA) is 66.9 Å². The summed E-state index contributed by atoms with van der Waals surface area (Å²) in [5.41, 5.74) is 1.51. The monoisotopic (exact) mass is 504 g/mol. The average Bonchev–Trinajstić information content (AvgIpc) is 3.06. The number of hydrogen-bond acceptors (Lipinski definition) is 5. The van der Waals surface area contributed by atoms with E-state index in [0.717, 1.165) is 41.5 Å². The smallest absolute Gasteiger partial charge is 0.294 e. The van der Waals surface area contributed by atoms with Gasteiger partial charge in [0.15, 0.2) is 0 Å². The predicted octanol–water partition coefficient (Wildman–Crippen LogP) is 5.62. The van der Waals surface area contributed by atoms with Crippen molar-refractivity contribution in [2.24, 2.45) is 0 Å². The van der Waals surface area contributed by atoms with Crippen molar-refractivity contribution in [3.63, 3.8) is 0 Å². The second-order valence-corrected chi connectivity index (χ2v) is 9.64. The molecule has 0 aromatic heterocycles. The van der Waals surface area contributed by atoms with Gasteiger partial charge in [-0.25, -0.2) is 0 Å². The molecule has 6 nitrogen and oxygen atoms in total. The number of ether oxygens (including phenoxy) is 1. The summed E-state index contributed by atoms with van der Waals surface area (Å²) in [6.07, 6.45) is 4.65. The van der Waals surface area contributed by atoms with Gasteiger partial charge < -0.3 is 9.64 Å². The van der Waals surface area contributed by atoms with Crippen LogP contribution in [0.5, 0.6) is 5.75 Å². The van der Waals surface area contributed by atoms with E-state index in [1.807, 2.05) is 6.07 Å². The van der Waals surface area contributed by atoms with Crippen molar-refractivity contribution >= 4 is 58.1 Å². The maximum atomic E-state index is 12.8. The fourth-order valence-electron chi connectivity index (χ4n) is 3.66. The summed E-state index contributed by atoms with van der Waals surface area (Å²) in [6, 6.07) is 12.4. The molecule has 9 heteroatoms. The van der Waals surface area contributed by atoms with Crippen LogP contribution >= 0.6 is 35.0 Å². The molecule has 2 aromatic rings. The van der Waals surface area contributed by atoms with Crippen molar-refractivity contribution in [1.29, 1.82) is 0 Å². The molecule has 33 heavy (non-hydrogen) atoms. The fourth-order valence-corrected chi connectivity index (χ4v) is 4.96. The highest BCUT2D eigenvalue weighted by atomic mass is 35.5. The van der Waals surface area contributed by atoms with Gasteiger partial charge in [0.2, 0.25) is 5.91 Å². The third-order valence-corrected chi connectivity index (χ3v) is 6.94. The highest BCUT2D eigenvalue weighted by Gasteiger charge is 2.37. The lowest BCUT2D eigenvalue weighted by atomic mass is 10.1. The first kappa shape index (κ1) is 23.7. The second kappa shape index (κ2) is 10.6. The van der Waals surface area contributed by atoms with Gasteiger partial charge in [-0.15, -0.1) is 0 Å². The summed E-state index contributed by atoms with van der Waals surface area (Å²) in [4.78, 5) is 40.7. The molecule has 4 rings (SSSR count). The number of carbonyl (C=O) groups is 3. The molecule has 0 spiro atoms. The van der Waals surface area contributed by atoms with Crippen LogP contribution < -0.4 is 4.74 Å². The number of piperidine rings is 1. The first-order chi connectivity index (χ1) is 15.9. The molecule has 0 unspecified atom stereocenters. The zero-order chi connectivity index (χ0) is 23.4. The maximum Gasteiger partial charge on any atom is 0.294 e. The quantitative estimate of drug-likeness (QED) is 0.477. The third kappa shape index (κ3) is 5.91. The molecule has 3 amide bonds. The van der Waals surface area contributed by atoms with Crippen LogP contribution in [-0.2, 0) is 16.2 Å². The largest absolute Gasteiger partial charge is 0.489 e. The van der Waals surface area contributed by atoms with E-state index < -0.39 is 11.1 Å². The maximum absolute atomic E-state index is 12.8. The number of halogens is 2. The summed E-state index contributed by atoms with van der Waals surface area (Å²) >= 11 is 13.0. The van der Waals surface area contributed by atoms with Crippen molar-refractivity contribution in [1.82, 2.24) is 9.80 Å². The molecule has 2 heterocycles. The summed E-state index contributed by atoms with van der Waals surface area (Å²) in [5.74, 6) is -0.0431. The lowest BCUT2D eigenvalue weighted by molar-refractivity contribution is -0.136. The number of likely N-dealkylation sites (tertiary alicyclic amines) is 1. The van der Waals surface area contributed by atoms with Crippen LogP contribution in [0.1, 0.15) is 30.4 Å². The van der Waals surface area contributed by atoms with Crippen molar-refractivity contribution in [3.05, 3.63) is 68.5 Å². The van der Waals surface area contributed by atoms with Crippen LogP contribution in [0.25, 0.3) is 6.08 Å². The first-order valence-electron chi connectivity index (χ1n) is 10.6. The molecule has 0 saturated carbocycles. The predicted molar refractivity (Wildman–Crippen MR) is 130 cm³/mol. The lowest BCUT2D eigenvalue weighted by Crippen LogP contribution is -2.44. The summed E-state index contributed by atoms with van der Waals surface area (Å²) in [6.45, 7) is 1.40. The molecule has 2 aliphatic heterocycles. The molecular formula is C24H22Cl2N2O4S. The molecule has 0 atom stereocenters. The van der Waals surface area contributed by atoms with Crippen molar-refractivity contribution in [3.8, 4) is 5.75 Å². The first-order valence-corrected chi connectivity index (χ1v) is 12.2. The lowest BCUT2D eigenvalue weighted by Gasteiger charge is -2.27. The van der Waals surface area contributed by atoms with Crippen LogP contribution in [-0.4, -0.2) is 46.5 Å². The Bertz CT molecular complexity index is 1120. The Morgan fingerprint density at radius 3 is 2.61 bits per heavy atom. The van der Waals surface area contributed by atoms with E-state index in [9.17, 15) is 14.4 Å². The zero-order valence-corrected chi connectivity index (χ0v) is 20.1. The van der Waals surface area contributed by atoms with E-state index in [0.29, 0.717) is 34.4 Å². The second-order valence-electron chi connectivity index (χ2n) is 7.81. The number of amides is 3. The van der Waals surface area contributed by atoms with E-state index in [4.69, 9.17) is 27.9 Å². The number of benzene rings is 2. The molecule has 0 radical (unpaired) electrons. The van der Waals surface area contributed by atoms with E-state index in [2.05, 4.69) is 0 Å². The van der Waals surface area contributed by atoms with Gasteiger partial charge in [-0.05, 0) is 66.9 Å². The molecule has 0 bridgehead atoms. The van der Waals surface area contributed by atoms with E-state index in [1.54, 1.807) is 47.4 Å². The van der Waals surface area contributed by atoms with Gasteiger partial charge in [-0.2, -0.15) is 0 Å². The number of hydrogen-bond donors (Lipinski definition) is 0. The number of imide groups is 1. The molecule has 2 saturated heterocycles. The number of rotatable bonds is 6. The van der Waals surface area contributed by atoms with Gasteiger partial charge in [-0.1, -0.05) is 41.4 Å². The highest BCUT2D eigenvalue weighted by molar-refractivity contribution is 8.18. The van der Waals surface area contributed by atoms with Crippen molar-refractivity contribution in [2.75, 3.05) is 19.6 Å². The Kier molecular flexibility index (Phi) is 7.63. The minimum Gasteiger partial charge on any atom is -0.489 e. The SMILES string of the molecule is O=C(CN1C(=O)S/C(=C\c2cccc(OCc3ccc(Cl)cc3Cl)c2)C1=O)N1CCCCC1. The molecule has 2 aromatic carbocycles. The highest BCUT2D eigenvalue weighted by Crippen LogP contribution is 2.33. The van der Waals surface area contributed by atoms with Crippen LogP contribution in [0.2, 0.25) is 10.0 Å². The minimum absolute atomic E-state index is 0.186. The number of carbonyl (C=O) groups excluding carboxylic acids is 3. The Labute approximate surface area is 206 Å². The van der Waals surface area contributed by atoms with E-state index in [1.165, 1.54) is 0 Å². The van der Waals surface area contributed by atoms with Gasteiger partial charge in [0.1, 0.15) is 18.9 Å². The molecule has 172 valence electrons. The number of thioether (sulfide) groups is 1. The van der Waals surface area contributed by atoms with Crippen LogP contribution in [0.4, 0.5) is 4.79 Å². The van der Waals surface area contributed by atoms with Gasteiger partial charge >= 0.3 is 0 Å². The Morgan fingerprint density at radius 1 is 1.06 bits per heavy atom. The minimum atomic E-state index is -0.449. The van der Waals surface area contributed by atoms with E-state index >= 15 is 0 Å². The normalized spacial score (nSPS) is 17.7. The van der Waals surface area contributed by atoms with Gasteiger partial charge in [0.25, 0.3) is 11.1 Å². The van der Waals surface area contributed by atoms with Gasteiger partial charge in [-0.3, -0.25) is 19.3 Å². The Hall–Kier alpha value is -2.48. The van der Waals surface area contributed by atoms with E-state index in [-0.39, 0.29) is 24.0 Å². The van der Waals surface area contributed by atoms with Crippen molar-refractivity contribution < 1.29 is 19.1 Å². The summed E-state index contributed by atoms with van der Waals surface area (Å²) in [7, 11) is 0. The molecule has 2 fully saturated rings. The molecule has 0 N–H and O–H groups in total. The Morgan fingerprint density at radius 2 is 1.85 bits per heavy atom. The van der Waals surface area contributed by atoms with Crippen LogP contribution in [0.3, 0.4) is 0 Å². The molecule has 0 aliphatic carbocycles.